The van der Waals surface area contributed by atoms with Crippen LogP contribution >= 0.6 is 11.3 Å². The molecule has 0 aliphatic heterocycles. The van der Waals surface area contributed by atoms with E-state index in [1.54, 1.807) is 29.5 Å². The Morgan fingerprint density at radius 1 is 1.25 bits per heavy atom. The highest BCUT2D eigenvalue weighted by molar-refractivity contribution is 7.13. The summed E-state index contributed by atoms with van der Waals surface area (Å²) in [4.78, 5) is 18.4. The smallest absolute Gasteiger partial charge is 0.255 e. The number of hydrogen-bond acceptors (Lipinski definition) is 5. The number of nitrogens with two attached hydrogens (primary N) is 1. The largest absolute Gasteiger partial charge is 0.397 e. The van der Waals surface area contributed by atoms with E-state index in [1.807, 2.05) is 47.2 Å². The summed E-state index contributed by atoms with van der Waals surface area (Å²) in [5, 5.41) is 14.1. The Kier molecular flexibility index (Phi) is 4.85. The highest BCUT2D eigenvalue weighted by atomic mass is 32.1. The zero-order valence-corrected chi connectivity index (χ0v) is 16.2. The lowest BCUT2D eigenvalue weighted by Gasteiger charge is -2.10. The fourth-order valence-corrected chi connectivity index (χ4v) is 3.95. The number of carbonyl (C=O) groups excluding carboxylic acids is 1. The monoisotopic (exact) mass is 392 g/mol. The molecule has 0 atom stereocenters. The van der Waals surface area contributed by atoms with Crippen molar-refractivity contribution in [1.29, 1.82) is 0 Å². The molecule has 28 heavy (non-hydrogen) atoms. The lowest BCUT2D eigenvalue weighted by Crippen LogP contribution is -2.13. The number of aromatic nitrogens is 2. The number of aryl methyl sites for hydroxylation is 1. The molecule has 0 bridgehead atoms. The first kappa shape index (κ1) is 18.2. The van der Waals surface area contributed by atoms with Crippen molar-refractivity contribution in [2.75, 3.05) is 17.7 Å². The second-order valence-corrected chi connectivity index (χ2v) is 7.42. The molecule has 4 N–H and O–H groups in total. The molecular weight excluding hydrogens is 372 g/mol. The first-order chi connectivity index (χ1) is 13.6. The van der Waals surface area contributed by atoms with Crippen molar-refractivity contribution in [2.45, 2.75) is 13.5 Å². The number of carbonyl (C=O) groups is 1. The van der Waals surface area contributed by atoms with E-state index in [0.717, 1.165) is 27.3 Å². The summed E-state index contributed by atoms with van der Waals surface area (Å²) in [6, 6.07) is 15.0. The van der Waals surface area contributed by atoms with E-state index >= 15 is 0 Å². The lowest BCUT2D eigenvalue weighted by molar-refractivity contribution is 0.102. The van der Waals surface area contributed by atoms with Crippen LogP contribution in [0.25, 0.3) is 21.5 Å². The first-order valence-electron chi connectivity index (χ1n) is 8.89. The molecule has 2 aromatic heterocycles. The van der Waals surface area contributed by atoms with Crippen LogP contribution in [0.1, 0.15) is 16.2 Å². The Labute approximate surface area is 166 Å². The standard InChI is InChI=1S/C21H20N4O2S/c1-13-23-18-12-15(5-7-19(18)25(13)8-9-26)21(27)24-17-11-14(4-6-16(17)22)20-3-2-10-28-20/h2-7,10-12,26H,8-9,22H2,1H3,(H,24,27). The number of thiophene rings is 1. The van der Waals surface area contributed by atoms with Gasteiger partial charge in [0.25, 0.3) is 5.91 Å². The third-order valence-corrected chi connectivity index (χ3v) is 5.55. The zero-order chi connectivity index (χ0) is 19.7. The highest BCUT2D eigenvalue weighted by Gasteiger charge is 2.13. The SMILES string of the molecule is Cc1nc2cc(C(=O)Nc3cc(-c4cccs4)ccc3N)ccc2n1CCO. The van der Waals surface area contributed by atoms with Gasteiger partial charge < -0.3 is 20.7 Å². The van der Waals surface area contributed by atoms with Gasteiger partial charge in [0.05, 0.1) is 29.0 Å². The molecule has 6 nitrogen and oxygen atoms in total. The van der Waals surface area contributed by atoms with Crippen LogP contribution in [0.2, 0.25) is 0 Å². The Morgan fingerprint density at radius 2 is 2.11 bits per heavy atom. The molecule has 7 heteroatoms. The van der Waals surface area contributed by atoms with Crippen molar-refractivity contribution >= 4 is 39.7 Å². The second-order valence-electron chi connectivity index (χ2n) is 6.47. The van der Waals surface area contributed by atoms with Crippen LogP contribution in [0.15, 0.2) is 53.9 Å². The molecular formula is C21H20N4O2S. The predicted octanol–water partition coefficient (Wildman–Crippen LogP) is 3.90. The number of aliphatic hydroxyl groups excluding tert-OH is 1. The highest BCUT2D eigenvalue weighted by Crippen LogP contribution is 2.30. The summed E-state index contributed by atoms with van der Waals surface area (Å²) >= 11 is 1.63. The average Bonchev–Trinajstić information content (AvgIpc) is 3.32. The molecule has 142 valence electrons. The number of fused-ring (bicyclic) bond motifs is 1. The minimum atomic E-state index is -0.244. The molecule has 0 unspecified atom stereocenters. The molecule has 4 rings (SSSR count). The molecule has 0 aliphatic rings. The molecule has 2 aromatic carbocycles. The Balaban J connectivity index is 1.63. The third-order valence-electron chi connectivity index (χ3n) is 4.63. The van der Waals surface area contributed by atoms with Gasteiger partial charge in [0.1, 0.15) is 5.82 Å². The van der Waals surface area contributed by atoms with Gasteiger partial charge in [0.15, 0.2) is 0 Å². The second kappa shape index (κ2) is 7.46. The van der Waals surface area contributed by atoms with E-state index in [1.165, 1.54) is 0 Å². The van der Waals surface area contributed by atoms with Crippen LogP contribution in [0.4, 0.5) is 11.4 Å². The maximum absolute atomic E-state index is 12.8. The number of hydrogen-bond donors (Lipinski definition) is 3. The number of nitrogens with one attached hydrogen (secondary N) is 1. The molecule has 0 spiro atoms. The third kappa shape index (κ3) is 3.37. The summed E-state index contributed by atoms with van der Waals surface area (Å²) in [6.07, 6.45) is 0. The van der Waals surface area contributed by atoms with Gasteiger partial charge in [-0.2, -0.15) is 0 Å². The molecule has 0 aliphatic carbocycles. The Hall–Kier alpha value is -3.16. The Bertz CT molecular complexity index is 1150. The van der Waals surface area contributed by atoms with Crippen LogP contribution in [0.5, 0.6) is 0 Å². The fourth-order valence-electron chi connectivity index (χ4n) is 3.23. The molecule has 0 saturated heterocycles. The zero-order valence-electron chi connectivity index (χ0n) is 15.3. The lowest BCUT2D eigenvalue weighted by atomic mass is 10.1. The van der Waals surface area contributed by atoms with Crippen molar-refractivity contribution in [3.05, 3.63) is 65.3 Å². The number of amides is 1. The van der Waals surface area contributed by atoms with Crippen LogP contribution in [-0.2, 0) is 6.54 Å². The molecule has 4 aromatic rings. The minimum absolute atomic E-state index is 0.0361. The van der Waals surface area contributed by atoms with Crippen LogP contribution in [0.3, 0.4) is 0 Å². The quantitative estimate of drug-likeness (QED) is 0.449. The van der Waals surface area contributed by atoms with Gasteiger partial charge in [-0.25, -0.2) is 4.98 Å². The van der Waals surface area contributed by atoms with Crippen LogP contribution < -0.4 is 11.1 Å². The maximum Gasteiger partial charge on any atom is 0.255 e. The van der Waals surface area contributed by atoms with Gasteiger partial charge >= 0.3 is 0 Å². The summed E-state index contributed by atoms with van der Waals surface area (Å²) < 4.78 is 1.93. The number of aliphatic hydroxyl groups is 1. The molecule has 2 heterocycles. The van der Waals surface area contributed by atoms with Gasteiger partial charge in [-0.05, 0) is 54.3 Å². The number of imidazole rings is 1. The van der Waals surface area contributed by atoms with E-state index in [0.29, 0.717) is 23.5 Å². The van der Waals surface area contributed by atoms with Gasteiger partial charge in [-0.1, -0.05) is 12.1 Å². The van der Waals surface area contributed by atoms with Gasteiger partial charge in [0, 0.05) is 17.0 Å². The Morgan fingerprint density at radius 3 is 2.86 bits per heavy atom. The summed E-state index contributed by atoms with van der Waals surface area (Å²) in [6.45, 7) is 2.39. The van der Waals surface area contributed by atoms with Crippen molar-refractivity contribution < 1.29 is 9.90 Å². The minimum Gasteiger partial charge on any atom is -0.397 e. The maximum atomic E-state index is 12.8. The van der Waals surface area contributed by atoms with Crippen LogP contribution in [-0.4, -0.2) is 27.2 Å². The number of nitrogen functional groups attached to an aromatic ring is 1. The van der Waals surface area contributed by atoms with Crippen LogP contribution in [0, 0.1) is 6.92 Å². The molecule has 0 radical (unpaired) electrons. The average molecular weight is 392 g/mol. The van der Waals surface area contributed by atoms with Gasteiger partial charge in [-0.15, -0.1) is 11.3 Å². The van der Waals surface area contributed by atoms with Gasteiger partial charge in [-0.3, -0.25) is 4.79 Å². The van der Waals surface area contributed by atoms with Crippen molar-refractivity contribution in [1.82, 2.24) is 9.55 Å². The van der Waals surface area contributed by atoms with E-state index < -0.39 is 0 Å². The molecule has 0 fully saturated rings. The van der Waals surface area contributed by atoms with E-state index in [-0.39, 0.29) is 12.5 Å². The van der Waals surface area contributed by atoms with E-state index in [9.17, 15) is 9.90 Å². The van der Waals surface area contributed by atoms with Crippen molar-refractivity contribution in [2.24, 2.45) is 0 Å². The van der Waals surface area contributed by atoms with E-state index in [2.05, 4.69) is 10.3 Å². The van der Waals surface area contributed by atoms with E-state index in [4.69, 9.17) is 5.73 Å². The van der Waals surface area contributed by atoms with Crippen molar-refractivity contribution in [3.8, 4) is 10.4 Å². The predicted molar refractivity (Wildman–Crippen MR) is 114 cm³/mol. The summed E-state index contributed by atoms with van der Waals surface area (Å²) in [5.41, 5.74) is 10.3. The fraction of sp³-hybridized carbons (Fsp3) is 0.143. The number of nitrogens with zero attached hydrogens (tertiary/aromatic N) is 2. The van der Waals surface area contributed by atoms with Gasteiger partial charge in [0.2, 0.25) is 0 Å². The first-order valence-corrected chi connectivity index (χ1v) is 9.77. The topological polar surface area (TPSA) is 93.2 Å². The molecule has 1 amide bonds. The number of benzene rings is 2. The molecule has 0 saturated carbocycles. The number of rotatable bonds is 5. The summed E-state index contributed by atoms with van der Waals surface area (Å²) in [5.74, 6) is 0.556. The normalized spacial score (nSPS) is 11.1. The number of anilines is 2. The summed E-state index contributed by atoms with van der Waals surface area (Å²) in [7, 11) is 0. The van der Waals surface area contributed by atoms with Crippen molar-refractivity contribution in [3.63, 3.8) is 0 Å².